The van der Waals surface area contributed by atoms with E-state index in [1.807, 2.05) is 24.4 Å². The van der Waals surface area contributed by atoms with Crippen molar-refractivity contribution in [2.24, 2.45) is 5.73 Å². The molecule has 0 aliphatic heterocycles. The molecule has 3 N–H and O–H groups in total. The molecule has 0 atom stereocenters. The van der Waals surface area contributed by atoms with Crippen LogP contribution >= 0.6 is 15.9 Å². The topological polar surface area (TPSA) is 80.7 Å². The number of fused-ring (bicyclic) bond motifs is 1. The van der Waals surface area contributed by atoms with Crippen molar-refractivity contribution < 1.29 is 4.52 Å². The van der Waals surface area contributed by atoms with Crippen LogP contribution in [0.4, 0.5) is 0 Å². The summed E-state index contributed by atoms with van der Waals surface area (Å²) in [7, 11) is 0. The van der Waals surface area contributed by atoms with Gasteiger partial charge in [0.15, 0.2) is 0 Å². The Morgan fingerprint density at radius 1 is 1.41 bits per heavy atom. The molecule has 0 saturated heterocycles. The molecule has 0 saturated carbocycles. The normalized spacial score (nSPS) is 11.2. The highest BCUT2D eigenvalue weighted by Crippen LogP contribution is 2.27. The zero-order chi connectivity index (χ0) is 11.8. The minimum absolute atomic E-state index is 0.253. The number of benzene rings is 1. The summed E-state index contributed by atoms with van der Waals surface area (Å²) < 4.78 is 6.02. The largest absolute Gasteiger partial charge is 0.360 e. The van der Waals surface area contributed by atoms with Gasteiger partial charge in [0.2, 0.25) is 11.7 Å². The lowest BCUT2D eigenvalue weighted by Crippen LogP contribution is -1.95. The second-order valence-corrected chi connectivity index (χ2v) is 4.47. The first-order chi connectivity index (χ1) is 8.28. The molecule has 0 bridgehead atoms. The first kappa shape index (κ1) is 10.5. The predicted octanol–water partition coefficient (Wildman–Crippen LogP) is 2.44. The second-order valence-electron chi connectivity index (χ2n) is 3.61. The maximum Gasteiger partial charge on any atom is 0.240 e. The fraction of sp³-hybridized carbons (Fsp3) is 0.0909. The van der Waals surface area contributed by atoms with E-state index >= 15 is 0 Å². The van der Waals surface area contributed by atoms with E-state index in [0.29, 0.717) is 11.7 Å². The third kappa shape index (κ3) is 1.75. The molecule has 86 valence electrons. The van der Waals surface area contributed by atoms with Gasteiger partial charge in [-0.1, -0.05) is 17.3 Å². The van der Waals surface area contributed by atoms with Crippen LogP contribution in [0.3, 0.4) is 0 Å². The average molecular weight is 293 g/mol. The Balaban J connectivity index is 2.11. The number of nitrogens with two attached hydrogens (primary N) is 1. The van der Waals surface area contributed by atoms with E-state index in [1.165, 1.54) is 0 Å². The molecule has 2 aromatic heterocycles. The number of hydrogen-bond donors (Lipinski definition) is 2. The third-order valence-corrected chi connectivity index (χ3v) is 3.19. The number of nitrogens with one attached hydrogen (secondary N) is 1. The first-order valence-electron chi connectivity index (χ1n) is 5.07. The maximum atomic E-state index is 5.43. The highest BCUT2D eigenvalue weighted by molar-refractivity contribution is 9.10. The predicted molar refractivity (Wildman–Crippen MR) is 67.2 cm³/mol. The molecule has 5 nitrogen and oxygen atoms in total. The van der Waals surface area contributed by atoms with Gasteiger partial charge < -0.3 is 15.2 Å². The SMILES string of the molecule is NCc1nc(-c2ccc3c(Br)c[nH]c3c2)no1. The smallest absolute Gasteiger partial charge is 0.240 e. The molecule has 3 aromatic rings. The first-order valence-corrected chi connectivity index (χ1v) is 5.87. The van der Waals surface area contributed by atoms with Gasteiger partial charge in [0.05, 0.1) is 6.54 Å². The molecule has 2 heterocycles. The quantitative estimate of drug-likeness (QED) is 0.760. The third-order valence-electron chi connectivity index (χ3n) is 2.53. The Labute approximate surface area is 105 Å². The van der Waals surface area contributed by atoms with Crippen molar-refractivity contribution in [3.63, 3.8) is 0 Å². The summed E-state index contributed by atoms with van der Waals surface area (Å²) >= 11 is 3.47. The van der Waals surface area contributed by atoms with Gasteiger partial charge in [-0.2, -0.15) is 4.98 Å². The monoisotopic (exact) mass is 292 g/mol. The molecule has 0 fully saturated rings. The lowest BCUT2D eigenvalue weighted by Gasteiger charge is -1.95. The van der Waals surface area contributed by atoms with Gasteiger partial charge in [0.1, 0.15) is 0 Å². The van der Waals surface area contributed by atoms with Crippen LogP contribution in [0, 0.1) is 0 Å². The van der Waals surface area contributed by atoms with E-state index in [2.05, 4.69) is 31.1 Å². The molecule has 0 unspecified atom stereocenters. The maximum absolute atomic E-state index is 5.43. The minimum Gasteiger partial charge on any atom is -0.360 e. The van der Waals surface area contributed by atoms with E-state index in [0.717, 1.165) is 20.9 Å². The summed E-state index contributed by atoms with van der Waals surface area (Å²) in [5.74, 6) is 0.992. The molecule has 0 spiro atoms. The molecular formula is C11H9BrN4O. The number of rotatable bonds is 2. The zero-order valence-electron chi connectivity index (χ0n) is 8.77. The van der Waals surface area contributed by atoms with Crippen molar-refractivity contribution in [3.05, 3.63) is 34.8 Å². The van der Waals surface area contributed by atoms with Crippen LogP contribution in [-0.2, 0) is 6.54 Å². The van der Waals surface area contributed by atoms with Gasteiger partial charge >= 0.3 is 0 Å². The standard InChI is InChI=1S/C11H9BrN4O/c12-8-5-14-9-3-6(1-2-7(8)9)11-15-10(4-13)17-16-11/h1-3,5,14H,4,13H2. The van der Waals surface area contributed by atoms with E-state index < -0.39 is 0 Å². The Morgan fingerprint density at radius 3 is 3.06 bits per heavy atom. The molecule has 0 radical (unpaired) electrons. The number of aromatic nitrogens is 3. The molecular weight excluding hydrogens is 284 g/mol. The summed E-state index contributed by atoms with van der Waals surface area (Å²) in [4.78, 5) is 7.35. The van der Waals surface area contributed by atoms with Gasteiger partial charge in [-0.15, -0.1) is 0 Å². The summed E-state index contributed by atoms with van der Waals surface area (Å²) in [6.45, 7) is 0.253. The number of aromatic amines is 1. The van der Waals surface area contributed by atoms with Crippen LogP contribution in [0.25, 0.3) is 22.3 Å². The zero-order valence-corrected chi connectivity index (χ0v) is 10.4. The van der Waals surface area contributed by atoms with Crippen molar-refractivity contribution in [3.8, 4) is 11.4 Å². The second kappa shape index (κ2) is 3.97. The van der Waals surface area contributed by atoms with Crippen LogP contribution in [0.5, 0.6) is 0 Å². The fourth-order valence-electron chi connectivity index (χ4n) is 1.68. The Morgan fingerprint density at radius 2 is 2.29 bits per heavy atom. The lowest BCUT2D eigenvalue weighted by atomic mass is 10.1. The Kier molecular flexibility index (Phi) is 2.45. The van der Waals surface area contributed by atoms with Gasteiger partial charge in [-0.25, -0.2) is 0 Å². The summed E-state index contributed by atoms with van der Waals surface area (Å²) in [6, 6.07) is 5.93. The van der Waals surface area contributed by atoms with E-state index in [9.17, 15) is 0 Å². The Hall–Kier alpha value is -1.66. The molecule has 0 amide bonds. The van der Waals surface area contributed by atoms with Crippen LogP contribution < -0.4 is 5.73 Å². The number of halogens is 1. The molecule has 17 heavy (non-hydrogen) atoms. The molecule has 3 rings (SSSR count). The fourth-order valence-corrected chi connectivity index (χ4v) is 2.15. The summed E-state index contributed by atoms with van der Waals surface area (Å²) in [6.07, 6.45) is 1.90. The van der Waals surface area contributed by atoms with Crippen molar-refractivity contribution in [2.75, 3.05) is 0 Å². The van der Waals surface area contributed by atoms with E-state index in [1.54, 1.807) is 0 Å². The van der Waals surface area contributed by atoms with E-state index in [4.69, 9.17) is 10.3 Å². The summed E-state index contributed by atoms with van der Waals surface area (Å²) in [5.41, 5.74) is 7.35. The van der Waals surface area contributed by atoms with Gasteiger partial charge in [0, 0.05) is 27.1 Å². The van der Waals surface area contributed by atoms with E-state index in [-0.39, 0.29) is 6.54 Å². The van der Waals surface area contributed by atoms with Crippen LogP contribution in [0.2, 0.25) is 0 Å². The van der Waals surface area contributed by atoms with Crippen molar-refractivity contribution in [1.29, 1.82) is 0 Å². The van der Waals surface area contributed by atoms with Gasteiger partial charge in [-0.05, 0) is 22.0 Å². The molecule has 0 aliphatic carbocycles. The molecule has 1 aromatic carbocycles. The van der Waals surface area contributed by atoms with Gasteiger partial charge in [0.25, 0.3) is 0 Å². The van der Waals surface area contributed by atoms with Crippen LogP contribution in [0.15, 0.2) is 33.4 Å². The van der Waals surface area contributed by atoms with Crippen molar-refractivity contribution in [1.82, 2.24) is 15.1 Å². The van der Waals surface area contributed by atoms with Gasteiger partial charge in [-0.3, -0.25) is 0 Å². The van der Waals surface area contributed by atoms with Crippen molar-refractivity contribution >= 4 is 26.8 Å². The number of hydrogen-bond acceptors (Lipinski definition) is 4. The Bertz CT molecular complexity index is 673. The van der Waals surface area contributed by atoms with Crippen molar-refractivity contribution in [2.45, 2.75) is 6.54 Å². The number of H-pyrrole nitrogens is 1. The van der Waals surface area contributed by atoms with Crippen LogP contribution in [-0.4, -0.2) is 15.1 Å². The lowest BCUT2D eigenvalue weighted by molar-refractivity contribution is 0.380. The minimum atomic E-state index is 0.253. The average Bonchev–Trinajstić information content (AvgIpc) is 2.96. The summed E-state index contributed by atoms with van der Waals surface area (Å²) in [5, 5.41) is 5.00. The molecule has 0 aliphatic rings. The highest BCUT2D eigenvalue weighted by atomic mass is 79.9. The van der Waals surface area contributed by atoms with Crippen LogP contribution in [0.1, 0.15) is 5.89 Å². The highest BCUT2D eigenvalue weighted by Gasteiger charge is 2.09. The number of nitrogens with zero attached hydrogens (tertiary/aromatic N) is 2. The molecule has 6 heteroatoms.